The minimum atomic E-state index is -4.64. The minimum absolute atomic E-state index is 0.0272. The van der Waals surface area contributed by atoms with Gasteiger partial charge in [-0.05, 0) is 51.4 Å². The van der Waals surface area contributed by atoms with E-state index < -0.39 is 26.5 Å². The van der Waals surface area contributed by atoms with Gasteiger partial charge in [0.05, 0.1) is 27.7 Å². The first kappa shape index (κ1) is 80.0. The van der Waals surface area contributed by atoms with E-state index in [0.29, 0.717) is 17.4 Å². The Hall–Kier alpha value is -2.03. The van der Waals surface area contributed by atoms with Crippen LogP contribution in [0.5, 0.6) is 0 Å². The van der Waals surface area contributed by atoms with E-state index in [0.717, 1.165) is 57.8 Å². The Bertz CT molecular complexity index is 1520. The second-order valence-corrected chi connectivity index (χ2v) is 26.6. The zero-order valence-electron chi connectivity index (χ0n) is 55.0. The topological polar surface area (TPSA) is 111 Å². The standard InChI is InChI=1S/C72H136NO8P/c1-6-8-10-12-14-16-18-20-22-24-26-27-28-29-30-31-32-33-34-35-36-37-38-39-40-41-42-43-44-45-47-49-51-53-55-57-59-61-63-65-72(75)81-70(69-80-82(76,77)79-67-66-73(3,4)5)68-78-71(74)64-62-60-58-56-54-52-50-48-46-25-23-21-19-17-15-13-11-9-7-2/h8,10,14,16,20,22,26-27,70H,6-7,9,11-13,15,17-19,21,23-25,28-69H2,1-5H3/b10-8-,16-14-,22-20-,27-26-. The van der Waals surface area contributed by atoms with Crippen LogP contribution in [-0.2, 0) is 32.7 Å². The van der Waals surface area contributed by atoms with Gasteiger partial charge in [-0.3, -0.25) is 14.2 Å². The summed E-state index contributed by atoms with van der Waals surface area (Å²) < 4.78 is 34.3. The van der Waals surface area contributed by atoms with Crippen molar-refractivity contribution in [1.29, 1.82) is 0 Å². The Morgan fingerprint density at radius 3 is 1.04 bits per heavy atom. The molecule has 0 aromatic carbocycles. The molecule has 0 N–H and O–H groups in total. The van der Waals surface area contributed by atoms with Gasteiger partial charge in [0.15, 0.2) is 6.10 Å². The highest BCUT2D eigenvalue weighted by molar-refractivity contribution is 7.45. The van der Waals surface area contributed by atoms with Crippen molar-refractivity contribution in [2.24, 2.45) is 0 Å². The van der Waals surface area contributed by atoms with Gasteiger partial charge in [0.25, 0.3) is 7.82 Å². The summed E-state index contributed by atoms with van der Waals surface area (Å²) in [7, 11) is 1.19. The Morgan fingerprint density at radius 1 is 0.390 bits per heavy atom. The van der Waals surface area contributed by atoms with Crippen LogP contribution in [-0.4, -0.2) is 70.0 Å². The Labute approximate surface area is 509 Å². The van der Waals surface area contributed by atoms with Gasteiger partial charge in [-0.25, -0.2) is 0 Å². The highest BCUT2D eigenvalue weighted by Gasteiger charge is 2.22. The first-order chi connectivity index (χ1) is 40.0. The summed E-state index contributed by atoms with van der Waals surface area (Å²) >= 11 is 0. The van der Waals surface area contributed by atoms with Crippen molar-refractivity contribution in [2.75, 3.05) is 47.5 Å². The summed E-state index contributed by atoms with van der Waals surface area (Å²) in [5.41, 5.74) is 0. The molecule has 0 fully saturated rings. The molecule has 0 heterocycles. The number of carbonyl (C=O) groups excluding carboxylic acids is 2. The zero-order chi connectivity index (χ0) is 59.8. The maximum absolute atomic E-state index is 12.9. The van der Waals surface area contributed by atoms with Crippen molar-refractivity contribution < 1.29 is 42.1 Å². The molecule has 0 rings (SSSR count). The van der Waals surface area contributed by atoms with E-state index >= 15 is 0 Å². The number of carbonyl (C=O) groups is 2. The van der Waals surface area contributed by atoms with E-state index in [-0.39, 0.29) is 32.0 Å². The molecule has 9 nitrogen and oxygen atoms in total. The first-order valence-electron chi connectivity index (χ1n) is 35.3. The van der Waals surface area contributed by atoms with Gasteiger partial charge in [0, 0.05) is 12.8 Å². The van der Waals surface area contributed by atoms with Crippen LogP contribution in [0.15, 0.2) is 48.6 Å². The lowest BCUT2D eigenvalue weighted by Gasteiger charge is -2.28. The summed E-state index contributed by atoms with van der Waals surface area (Å²) in [6.45, 7) is 4.19. The van der Waals surface area contributed by atoms with E-state index in [4.69, 9.17) is 18.5 Å². The summed E-state index contributed by atoms with van der Waals surface area (Å²) in [4.78, 5) is 38.0. The summed E-state index contributed by atoms with van der Waals surface area (Å²) in [5.74, 6) is -0.810. The molecule has 482 valence electrons. The monoisotopic (exact) mass is 1170 g/mol. The predicted molar refractivity (Wildman–Crippen MR) is 351 cm³/mol. The van der Waals surface area contributed by atoms with E-state index in [1.54, 1.807) is 0 Å². The van der Waals surface area contributed by atoms with Crippen LogP contribution >= 0.6 is 7.82 Å². The van der Waals surface area contributed by atoms with Crippen LogP contribution in [0.4, 0.5) is 0 Å². The summed E-state index contributed by atoms with van der Waals surface area (Å²) in [6.07, 6.45) is 82.1. The molecule has 0 saturated carbocycles. The third kappa shape index (κ3) is 67.1. The summed E-state index contributed by atoms with van der Waals surface area (Å²) in [6, 6.07) is 0. The number of quaternary nitrogens is 1. The van der Waals surface area contributed by atoms with Gasteiger partial charge >= 0.3 is 11.9 Å². The Morgan fingerprint density at radius 2 is 0.695 bits per heavy atom. The van der Waals surface area contributed by atoms with E-state index in [9.17, 15) is 19.0 Å². The van der Waals surface area contributed by atoms with Crippen LogP contribution in [0.2, 0.25) is 0 Å². The second-order valence-electron chi connectivity index (χ2n) is 25.2. The minimum Gasteiger partial charge on any atom is -0.756 e. The van der Waals surface area contributed by atoms with Crippen molar-refractivity contribution in [2.45, 2.75) is 354 Å². The van der Waals surface area contributed by atoms with Crippen LogP contribution in [0.1, 0.15) is 348 Å². The van der Waals surface area contributed by atoms with Crippen molar-refractivity contribution in [3.63, 3.8) is 0 Å². The number of rotatable bonds is 66. The van der Waals surface area contributed by atoms with Crippen LogP contribution in [0, 0.1) is 0 Å². The molecule has 0 bridgehead atoms. The zero-order valence-corrected chi connectivity index (χ0v) is 55.8. The molecule has 2 atom stereocenters. The highest BCUT2D eigenvalue weighted by atomic mass is 31.2. The lowest BCUT2D eigenvalue weighted by Crippen LogP contribution is -2.37. The molecule has 0 saturated heterocycles. The van der Waals surface area contributed by atoms with Gasteiger partial charge in [0.1, 0.15) is 19.8 Å². The number of phosphoric ester groups is 1. The van der Waals surface area contributed by atoms with Crippen molar-refractivity contribution in [3.05, 3.63) is 48.6 Å². The molecule has 0 aliphatic heterocycles. The molecule has 82 heavy (non-hydrogen) atoms. The predicted octanol–water partition coefficient (Wildman–Crippen LogP) is 22.2. The maximum atomic E-state index is 12.9. The molecule has 0 radical (unpaired) electrons. The smallest absolute Gasteiger partial charge is 0.306 e. The molecule has 0 aliphatic carbocycles. The lowest BCUT2D eigenvalue weighted by molar-refractivity contribution is -0.870. The average molecular weight is 1170 g/mol. The Balaban J connectivity index is 3.90. The second kappa shape index (κ2) is 63.5. The quantitative estimate of drug-likeness (QED) is 0.0195. The first-order valence-corrected chi connectivity index (χ1v) is 36.8. The fraction of sp³-hybridized carbons (Fsp3) is 0.861. The van der Waals surface area contributed by atoms with E-state index in [1.807, 2.05) is 21.1 Å². The molecule has 0 spiro atoms. The normalized spacial score (nSPS) is 13.4. The fourth-order valence-electron chi connectivity index (χ4n) is 10.5. The van der Waals surface area contributed by atoms with Crippen molar-refractivity contribution in [1.82, 2.24) is 0 Å². The Kier molecular flexibility index (Phi) is 61.9. The summed E-state index contributed by atoms with van der Waals surface area (Å²) in [5, 5.41) is 0. The number of hydrogen-bond donors (Lipinski definition) is 0. The SMILES string of the molecule is CC/C=C\C/C=C\C/C=C\C/C=C\CCCCCCCCCCCCCCCCCCCCCCCCCCCCC(=O)OC(COC(=O)CCCCCCCCCCCCCCCCCCCCC)COP(=O)([O-])OCC[N+](C)(C)C. The molecular formula is C72H136NO8P. The largest absolute Gasteiger partial charge is 0.756 e. The third-order valence-electron chi connectivity index (χ3n) is 15.9. The van der Waals surface area contributed by atoms with Gasteiger partial charge in [-0.15, -0.1) is 0 Å². The van der Waals surface area contributed by atoms with Crippen LogP contribution < -0.4 is 4.89 Å². The number of esters is 2. The number of allylic oxidation sites excluding steroid dienone is 8. The molecule has 0 aliphatic rings. The third-order valence-corrected chi connectivity index (χ3v) is 16.8. The van der Waals surface area contributed by atoms with Crippen LogP contribution in [0.25, 0.3) is 0 Å². The van der Waals surface area contributed by atoms with Gasteiger partial charge < -0.3 is 27.9 Å². The van der Waals surface area contributed by atoms with E-state index in [2.05, 4.69) is 62.5 Å². The molecule has 0 aromatic rings. The number of unbranched alkanes of at least 4 members (excludes halogenated alkanes) is 44. The van der Waals surface area contributed by atoms with Gasteiger partial charge in [0.2, 0.25) is 0 Å². The highest BCUT2D eigenvalue weighted by Crippen LogP contribution is 2.38. The van der Waals surface area contributed by atoms with Crippen molar-refractivity contribution in [3.8, 4) is 0 Å². The average Bonchev–Trinajstić information content (AvgIpc) is 3.46. The molecule has 2 unspecified atom stereocenters. The lowest BCUT2D eigenvalue weighted by atomic mass is 10.0. The molecule has 0 amide bonds. The molecule has 0 aromatic heterocycles. The maximum Gasteiger partial charge on any atom is 0.306 e. The molecular weight excluding hydrogens is 1040 g/mol. The van der Waals surface area contributed by atoms with E-state index in [1.165, 1.54) is 257 Å². The number of phosphoric acid groups is 1. The van der Waals surface area contributed by atoms with Gasteiger partial charge in [-0.1, -0.05) is 332 Å². The number of nitrogens with zero attached hydrogens (tertiary/aromatic N) is 1. The van der Waals surface area contributed by atoms with Crippen molar-refractivity contribution >= 4 is 19.8 Å². The van der Waals surface area contributed by atoms with Gasteiger partial charge in [-0.2, -0.15) is 0 Å². The number of likely N-dealkylation sites (N-methyl/N-ethyl adjacent to an activating group) is 1. The number of ether oxygens (including phenoxy) is 2. The fourth-order valence-corrected chi connectivity index (χ4v) is 11.2. The van der Waals surface area contributed by atoms with Crippen LogP contribution in [0.3, 0.4) is 0 Å². The molecule has 10 heteroatoms. The number of hydrogen-bond acceptors (Lipinski definition) is 8.